The maximum atomic E-state index is 12.2. The normalized spacial score (nSPS) is 17.8. The molecule has 1 aromatic carbocycles. The molecule has 1 aliphatic heterocycles. The number of nitrogens with zero attached hydrogens (tertiary/aromatic N) is 1. The number of rotatable bonds is 5. The summed E-state index contributed by atoms with van der Waals surface area (Å²) >= 11 is 5.86. The zero-order valence-corrected chi connectivity index (χ0v) is 12.7. The highest BCUT2D eigenvalue weighted by Gasteiger charge is 2.38. The second kappa shape index (κ2) is 6.35. The van der Waals surface area contributed by atoms with E-state index in [2.05, 4.69) is 0 Å². The Morgan fingerprint density at radius 2 is 2.05 bits per heavy atom. The number of likely N-dealkylation sites (tertiary alicyclic amines) is 1. The number of hydrogen-bond acceptors (Lipinski definition) is 3. The molecule has 114 valence electrons. The molecule has 0 spiro atoms. The largest absolute Gasteiger partial charge is 0.481 e. The first-order valence-corrected chi connectivity index (χ1v) is 7.20. The van der Waals surface area contributed by atoms with E-state index >= 15 is 0 Å². The molecule has 0 bridgehead atoms. The lowest BCUT2D eigenvalue weighted by Crippen LogP contribution is -2.56. The summed E-state index contributed by atoms with van der Waals surface area (Å²) in [5.41, 5.74) is 0. The molecule has 0 saturated carbocycles. The van der Waals surface area contributed by atoms with Crippen molar-refractivity contribution in [2.75, 3.05) is 13.1 Å². The number of carboxylic acids is 1. The summed E-state index contributed by atoms with van der Waals surface area (Å²) in [7, 11) is 0. The lowest BCUT2D eigenvalue weighted by molar-refractivity contribution is -0.153. The van der Waals surface area contributed by atoms with E-state index in [1.807, 2.05) is 0 Å². The third-order valence-corrected chi connectivity index (χ3v) is 4.01. The van der Waals surface area contributed by atoms with E-state index < -0.39 is 18.0 Å². The van der Waals surface area contributed by atoms with E-state index in [-0.39, 0.29) is 11.8 Å². The molecule has 0 aliphatic carbocycles. The highest BCUT2D eigenvalue weighted by Crippen LogP contribution is 2.25. The summed E-state index contributed by atoms with van der Waals surface area (Å²) in [4.78, 5) is 24.7. The van der Waals surface area contributed by atoms with Crippen molar-refractivity contribution >= 4 is 23.5 Å². The van der Waals surface area contributed by atoms with Gasteiger partial charge in [-0.15, -0.1) is 0 Å². The van der Waals surface area contributed by atoms with Crippen molar-refractivity contribution < 1.29 is 19.4 Å². The van der Waals surface area contributed by atoms with Gasteiger partial charge in [-0.2, -0.15) is 0 Å². The molecular weight excluding hydrogens is 294 g/mol. The van der Waals surface area contributed by atoms with Crippen LogP contribution < -0.4 is 4.74 Å². The molecule has 6 heteroatoms. The molecule has 2 rings (SSSR count). The third-order valence-electron chi connectivity index (χ3n) is 3.77. The number of hydrogen-bond donors (Lipinski definition) is 1. The maximum Gasteiger partial charge on any atom is 0.306 e. The molecule has 0 radical (unpaired) electrons. The number of carboxylic acid groups (broad SMARTS) is 1. The molecular formula is C15H18ClNO4. The van der Waals surface area contributed by atoms with Crippen LogP contribution in [0, 0.1) is 11.8 Å². The Kier molecular flexibility index (Phi) is 4.73. The number of ether oxygens (including phenoxy) is 1. The van der Waals surface area contributed by atoms with Crippen molar-refractivity contribution in [1.29, 1.82) is 0 Å². The molecule has 1 heterocycles. The van der Waals surface area contributed by atoms with E-state index in [9.17, 15) is 9.59 Å². The van der Waals surface area contributed by atoms with Crippen LogP contribution in [0.25, 0.3) is 0 Å². The zero-order chi connectivity index (χ0) is 15.6. The first kappa shape index (κ1) is 15.6. The molecule has 21 heavy (non-hydrogen) atoms. The number of aliphatic carboxylic acids is 1. The van der Waals surface area contributed by atoms with Crippen molar-refractivity contribution in [3.63, 3.8) is 0 Å². The summed E-state index contributed by atoms with van der Waals surface area (Å²) in [5.74, 6) is -0.832. The van der Waals surface area contributed by atoms with Crippen LogP contribution in [0.5, 0.6) is 5.75 Å². The van der Waals surface area contributed by atoms with Gasteiger partial charge in [0, 0.05) is 24.0 Å². The average Bonchev–Trinajstić information content (AvgIpc) is 2.36. The molecule has 1 fully saturated rings. The smallest absolute Gasteiger partial charge is 0.306 e. The molecule has 1 N–H and O–H groups in total. The van der Waals surface area contributed by atoms with E-state index in [1.54, 1.807) is 43.0 Å². The number of halogens is 1. The van der Waals surface area contributed by atoms with Gasteiger partial charge in [0.25, 0.3) is 5.91 Å². The van der Waals surface area contributed by atoms with Crippen molar-refractivity contribution in [3.05, 3.63) is 29.3 Å². The molecule has 5 nitrogen and oxygen atoms in total. The van der Waals surface area contributed by atoms with Crippen LogP contribution in [0.1, 0.15) is 13.8 Å². The second-order valence-corrected chi connectivity index (χ2v) is 5.78. The minimum Gasteiger partial charge on any atom is -0.481 e. The van der Waals surface area contributed by atoms with Gasteiger partial charge in [0.2, 0.25) is 0 Å². The van der Waals surface area contributed by atoms with Crippen LogP contribution in [0.15, 0.2) is 24.3 Å². The third kappa shape index (κ3) is 3.67. The van der Waals surface area contributed by atoms with Crippen LogP contribution in [0.4, 0.5) is 0 Å². The predicted octanol–water partition coefficient (Wildman–Crippen LogP) is 2.29. The van der Waals surface area contributed by atoms with Crippen molar-refractivity contribution in [2.45, 2.75) is 20.0 Å². The molecule has 1 saturated heterocycles. The highest BCUT2D eigenvalue weighted by atomic mass is 35.5. The predicted molar refractivity (Wildman–Crippen MR) is 78.4 cm³/mol. The number of carbonyl (C=O) groups is 2. The monoisotopic (exact) mass is 311 g/mol. The first-order valence-electron chi connectivity index (χ1n) is 6.82. The fourth-order valence-electron chi connectivity index (χ4n) is 2.26. The Morgan fingerprint density at radius 3 is 2.62 bits per heavy atom. The van der Waals surface area contributed by atoms with Gasteiger partial charge in [-0.05, 0) is 25.1 Å². The minimum absolute atomic E-state index is 0.0184. The summed E-state index contributed by atoms with van der Waals surface area (Å²) in [6, 6.07) is 6.87. The average molecular weight is 312 g/mol. The Balaban J connectivity index is 1.86. The number of benzene rings is 1. The van der Waals surface area contributed by atoms with Crippen LogP contribution in [-0.4, -0.2) is 41.1 Å². The van der Waals surface area contributed by atoms with Crippen molar-refractivity contribution in [2.24, 2.45) is 11.8 Å². The van der Waals surface area contributed by atoms with Crippen LogP contribution in [-0.2, 0) is 9.59 Å². The lowest BCUT2D eigenvalue weighted by atomic mass is 9.87. The topological polar surface area (TPSA) is 66.8 Å². The van der Waals surface area contributed by atoms with Crippen molar-refractivity contribution in [3.8, 4) is 5.75 Å². The van der Waals surface area contributed by atoms with Crippen molar-refractivity contribution in [1.82, 2.24) is 4.90 Å². The molecule has 2 unspecified atom stereocenters. The van der Waals surface area contributed by atoms with Gasteiger partial charge < -0.3 is 14.7 Å². The molecule has 1 amide bonds. The molecule has 0 aromatic heterocycles. The van der Waals surface area contributed by atoms with E-state index in [0.717, 1.165) is 0 Å². The maximum absolute atomic E-state index is 12.2. The molecule has 1 aliphatic rings. The number of amides is 1. The standard InChI is InChI=1S/C15H18ClNO4/c1-9(15(19)20)11-7-17(8-11)14(18)10(2)21-13-5-3-4-12(16)6-13/h3-6,9-11H,7-8H2,1-2H3,(H,19,20). The fraction of sp³-hybridized carbons (Fsp3) is 0.467. The second-order valence-electron chi connectivity index (χ2n) is 5.35. The van der Waals surface area contributed by atoms with Gasteiger partial charge in [-0.25, -0.2) is 0 Å². The van der Waals surface area contributed by atoms with Crippen LogP contribution in [0.2, 0.25) is 5.02 Å². The minimum atomic E-state index is -0.824. The Hall–Kier alpha value is -1.75. The summed E-state index contributed by atoms with van der Waals surface area (Å²) in [5, 5.41) is 9.48. The Labute approximate surface area is 128 Å². The SMILES string of the molecule is CC(Oc1cccc(Cl)c1)C(=O)N1CC(C(C)C(=O)O)C1. The highest BCUT2D eigenvalue weighted by molar-refractivity contribution is 6.30. The summed E-state index contributed by atoms with van der Waals surface area (Å²) < 4.78 is 5.57. The van der Waals surface area contributed by atoms with Gasteiger partial charge in [-0.1, -0.05) is 24.6 Å². The summed E-state index contributed by atoms with van der Waals surface area (Å²) in [6.45, 7) is 4.28. The fourth-order valence-corrected chi connectivity index (χ4v) is 2.44. The first-order chi connectivity index (χ1) is 9.88. The molecule has 2 atom stereocenters. The van der Waals surface area contributed by atoms with Gasteiger partial charge in [0.05, 0.1) is 5.92 Å². The van der Waals surface area contributed by atoms with Gasteiger partial charge >= 0.3 is 5.97 Å². The lowest BCUT2D eigenvalue weighted by Gasteiger charge is -2.42. The summed E-state index contributed by atoms with van der Waals surface area (Å²) in [6.07, 6.45) is -0.621. The Bertz CT molecular complexity index is 542. The van der Waals surface area contributed by atoms with Gasteiger partial charge in [0.15, 0.2) is 6.10 Å². The Morgan fingerprint density at radius 1 is 1.38 bits per heavy atom. The quantitative estimate of drug-likeness (QED) is 0.906. The van der Waals surface area contributed by atoms with E-state index in [0.29, 0.717) is 23.9 Å². The van der Waals surface area contributed by atoms with Gasteiger partial charge in [0.1, 0.15) is 5.75 Å². The van der Waals surface area contributed by atoms with Crippen LogP contribution >= 0.6 is 11.6 Å². The van der Waals surface area contributed by atoms with Gasteiger partial charge in [-0.3, -0.25) is 9.59 Å². The van der Waals surface area contributed by atoms with E-state index in [1.165, 1.54) is 0 Å². The van der Waals surface area contributed by atoms with E-state index in [4.69, 9.17) is 21.4 Å². The number of carbonyl (C=O) groups excluding carboxylic acids is 1. The van der Waals surface area contributed by atoms with Crippen LogP contribution in [0.3, 0.4) is 0 Å². The molecule has 1 aromatic rings. The zero-order valence-electron chi connectivity index (χ0n) is 12.0.